The van der Waals surface area contributed by atoms with E-state index in [0.717, 1.165) is 38.8 Å². The van der Waals surface area contributed by atoms with E-state index in [1.54, 1.807) is 0 Å². The first-order valence-electron chi connectivity index (χ1n) is 8.55. The number of thioether (sulfide) groups is 1. The van der Waals surface area contributed by atoms with Crippen LogP contribution >= 0.6 is 11.8 Å². The molecule has 0 aromatic heterocycles. The molecular formula is C16H29N3O2S. The lowest BCUT2D eigenvalue weighted by molar-refractivity contribution is -0.129. The van der Waals surface area contributed by atoms with Crippen LogP contribution < -0.4 is 11.1 Å². The summed E-state index contributed by atoms with van der Waals surface area (Å²) in [5, 5.41) is 3.11. The summed E-state index contributed by atoms with van der Waals surface area (Å²) >= 11 is 1.43. The number of likely N-dealkylation sites (tertiary alicyclic amines) is 1. The molecule has 0 bridgehead atoms. The van der Waals surface area contributed by atoms with Gasteiger partial charge in [-0.3, -0.25) is 9.59 Å². The summed E-state index contributed by atoms with van der Waals surface area (Å²) in [5.41, 5.74) is 5.79. The molecule has 2 rings (SSSR count). The van der Waals surface area contributed by atoms with Crippen molar-refractivity contribution >= 4 is 23.6 Å². The second kappa shape index (κ2) is 9.40. The molecule has 2 fully saturated rings. The molecule has 6 heteroatoms. The van der Waals surface area contributed by atoms with Crippen molar-refractivity contribution in [2.45, 2.75) is 51.0 Å². The van der Waals surface area contributed by atoms with Gasteiger partial charge in [0.1, 0.15) is 0 Å². The van der Waals surface area contributed by atoms with E-state index in [9.17, 15) is 9.59 Å². The molecule has 1 aliphatic heterocycles. The quantitative estimate of drug-likeness (QED) is 0.772. The van der Waals surface area contributed by atoms with Crippen LogP contribution in [0.25, 0.3) is 0 Å². The molecule has 2 amide bonds. The largest absolute Gasteiger partial charge is 0.352 e. The van der Waals surface area contributed by atoms with E-state index in [2.05, 4.69) is 5.32 Å². The Bertz CT molecular complexity index is 372. The van der Waals surface area contributed by atoms with Crippen LogP contribution in [0.15, 0.2) is 0 Å². The molecule has 2 atom stereocenters. The van der Waals surface area contributed by atoms with Gasteiger partial charge in [0.2, 0.25) is 11.8 Å². The first-order chi connectivity index (χ1) is 10.7. The highest BCUT2D eigenvalue weighted by Gasteiger charge is 2.25. The molecule has 2 aliphatic rings. The number of nitrogens with zero attached hydrogens (tertiary/aromatic N) is 1. The summed E-state index contributed by atoms with van der Waals surface area (Å²) in [7, 11) is 0. The maximum atomic E-state index is 12.0. The zero-order valence-electron chi connectivity index (χ0n) is 13.4. The van der Waals surface area contributed by atoms with Crippen molar-refractivity contribution in [3.8, 4) is 0 Å². The maximum Gasteiger partial charge on any atom is 0.232 e. The third-order valence-corrected chi connectivity index (χ3v) is 5.64. The van der Waals surface area contributed by atoms with Gasteiger partial charge in [0, 0.05) is 19.1 Å². The summed E-state index contributed by atoms with van der Waals surface area (Å²) in [6.07, 6.45) is 7.98. The lowest BCUT2D eigenvalue weighted by Gasteiger charge is -2.31. The van der Waals surface area contributed by atoms with E-state index in [1.165, 1.54) is 31.0 Å². The molecule has 0 aromatic rings. The zero-order valence-corrected chi connectivity index (χ0v) is 14.2. The van der Waals surface area contributed by atoms with Gasteiger partial charge in [-0.25, -0.2) is 0 Å². The van der Waals surface area contributed by atoms with E-state index in [4.69, 9.17) is 5.73 Å². The minimum atomic E-state index is 0.0433. The molecule has 0 spiro atoms. The normalized spacial score (nSPS) is 25.8. The second-order valence-corrected chi connectivity index (χ2v) is 7.37. The second-order valence-electron chi connectivity index (χ2n) is 6.39. The van der Waals surface area contributed by atoms with Crippen LogP contribution in [0.5, 0.6) is 0 Å². The van der Waals surface area contributed by atoms with Crippen LogP contribution in [-0.2, 0) is 9.59 Å². The Morgan fingerprint density at radius 2 is 1.77 bits per heavy atom. The van der Waals surface area contributed by atoms with Crippen LogP contribution in [0.2, 0.25) is 0 Å². The predicted molar refractivity (Wildman–Crippen MR) is 90.7 cm³/mol. The van der Waals surface area contributed by atoms with Crippen LogP contribution in [0.3, 0.4) is 0 Å². The highest BCUT2D eigenvalue weighted by atomic mass is 32.2. The van der Waals surface area contributed by atoms with Gasteiger partial charge in [-0.2, -0.15) is 0 Å². The van der Waals surface area contributed by atoms with Crippen molar-refractivity contribution in [2.75, 3.05) is 31.1 Å². The average Bonchev–Trinajstić information content (AvgIpc) is 2.56. The smallest absolute Gasteiger partial charge is 0.232 e. The molecule has 1 aliphatic carbocycles. The fraction of sp³-hybridized carbons (Fsp3) is 0.875. The molecule has 22 heavy (non-hydrogen) atoms. The summed E-state index contributed by atoms with van der Waals surface area (Å²) in [5.74, 6) is 1.42. The Kier molecular flexibility index (Phi) is 7.52. The Morgan fingerprint density at radius 1 is 1.05 bits per heavy atom. The van der Waals surface area contributed by atoms with Crippen molar-refractivity contribution in [3.63, 3.8) is 0 Å². The summed E-state index contributed by atoms with van der Waals surface area (Å²) < 4.78 is 0. The van der Waals surface area contributed by atoms with E-state index < -0.39 is 0 Å². The molecule has 3 N–H and O–H groups in total. The van der Waals surface area contributed by atoms with Gasteiger partial charge in [0.25, 0.3) is 0 Å². The van der Waals surface area contributed by atoms with Crippen molar-refractivity contribution in [3.05, 3.63) is 0 Å². The van der Waals surface area contributed by atoms with Gasteiger partial charge >= 0.3 is 0 Å². The Morgan fingerprint density at radius 3 is 2.50 bits per heavy atom. The third-order valence-electron chi connectivity index (χ3n) is 4.73. The summed E-state index contributed by atoms with van der Waals surface area (Å²) in [6.45, 7) is 2.41. The molecule has 0 radical (unpaired) electrons. The molecule has 126 valence electrons. The van der Waals surface area contributed by atoms with Gasteiger partial charge in [-0.05, 0) is 44.6 Å². The van der Waals surface area contributed by atoms with Gasteiger partial charge in [0.15, 0.2) is 0 Å². The minimum absolute atomic E-state index is 0.0433. The van der Waals surface area contributed by atoms with Gasteiger partial charge in [-0.15, -0.1) is 11.8 Å². The van der Waals surface area contributed by atoms with Gasteiger partial charge < -0.3 is 16.0 Å². The number of amides is 2. The van der Waals surface area contributed by atoms with Crippen LogP contribution in [0.4, 0.5) is 0 Å². The Hall–Kier alpha value is -0.750. The van der Waals surface area contributed by atoms with Crippen molar-refractivity contribution < 1.29 is 9.59 Å². The predicted octanol–water partition coefficient (Wildman–Crippen LogP) is 1.37. The number of hydrogen-bond acceptors (Lipinski definition) is 4. The molecule has 1 saturated heterocycles. The molecule has 0 aromatic carbocycles. The zero-order chi connectivity index (χ0) is 15.8. The first-order valence-corrected chi connectivity index (χ1v) is 9.71. The summed E-state index contributed by atoms with van der Waals surface area (Å²) in [6, 6.07) is 0.227. The third kappa shape index (κ3) is 5.47. The van der Waals surface area contributed by atoms with Gasteiger partial charge in [-0.1, -0.05) is 12.8 Å². The fourth-order valence-corrected chi connectivity index (χ4v) is 4.12. The summed E-state index contributed by atoms with van der Waals surface area (Å²) in [4.78, 5) is 26.0. The Balaban J connectivity index is 1.63. The molecule has 1 heterocycles. The number of nitrogens with two attached hydrogens (primary N) is 1. The van der Waals surface area contributed by atoms with E-state index in [0.29, 0.717) is 24.0 Å². The van der Waals surface area contributed by atoms with Crippen molar-refractivity contribution in [1.82, 2.24) is 10.2 Å². The van der Waals surface area contributed by atoms with Crippen LogP contribution in [0.1, 0.15) is 44.9 Å². The van der Waals surface area contributed by atoms with E-state index in [-0.39, 0.29) is 17.9 Å². The highest BCUT2D eigenvalue weighted by Crippen LogP contribution is 2.23. The molecule has 2 unspecified atom stereocenters. The number of carbonyl (C=O) groups excluding carboxylic acids is 2. The number of carbonyl (C=O) groups is 2. The molecular weight excluding hydrogens is 298 g/mol. The van der Waals surface area contributed by atoms with Crippen molar-refractivity contribution in [1.29, 1.82) is 0 Å². The van der Waals surface area contributed by atoms with E-state index in [1.807, 2.05) is 4.90 Å². The van der Waals surface area contributed by atoms with Crippen LogP contribution in [0, 0.1) is 5.92 Å². The number of hydrogen-bond donors (Lipinski definition) is 2. The topological polar surface area (TPSA) is 75.4 Å². The lowest BCUT2D eigenvalue weighted by Crippen LogP contribution is -2.45. The van der Waals surface area contributed by atoms with E-state index >= 15 is 0 Å². The van der Waals surface area contributed by atoms with Gasteiger partial charge in [0.05, 0.1) is 11.5 Å². The molecule has 1 saturated carbocycles. The highest BCUT2D eigenvalue weighted by molar-refractivity contribution is 8.00. The van der Waals surface area contributed by atoms with Crippen LogP contribution in [-0.4, -0.2) is 53.9 Å². The molecule has 5 nitrogen and oxygen atoms in total. The first kappa shape index (κ1) is 17.6. The fourth-order valence-electron chi connectivity index (χ4n) is 3.39. The SMILES string of the molecule is NCC1CCCCC1NC(=O)CSCC(=O)N1CCCCC1. The monoisotopic (exact) mass is 327 g/mol. The van der Waals surface area contributed by atoms with Crippen molar-refractivity contribution in [2.24, 2.45) is 11.7 Å². The number of rotatable bonds is 6. The average molecular weight is 327 g/mol. The standard InChI is InChI=1S/C16H29N3O2S/c17-10-13-6-2-3-7-14(13)18-15(20)11-22-12-16(21)19-8-4-1-5-9-19/h13-14H,1-12,17H2,(H,18,20). The number of piperidine rings is 1. The minimum Gasteiger partial charge on any atom is -0.352 e. The Labute approximate surface area is 137 Å². The number of nitrogens with one attached hydrogen (secondary N) is 1. The lowest BCUT2D eigenvalue weighted by atomic mass is 9.84. The maximum absolute atomic E-state index is 12.0.